The number of amides is 2. The summed E-state index contributed by atoms with van der Waals surface area (Å²) in [6, 6.07) is 9.59. The van der Waals surface area contributed by atoms with Crippen LogP contribution in [-0.4, -0.2) is 48.0 Å². The molecule has 2 amide bonds. The smallest absolute Gasteiger partial charge is 0.410 e. The van der Waals surface area contributed by atoms with Crippen LogP contribution >= 0.6 is 0 Å². The molecule has 1 aliphatic rings. The third kappa shape index (κ3) is 4.48. The molecule has 0 saturated carbocycles. The van der Waals surface area contributed by atoms with Gasteiger partial charge in [0, 0.05) is 32.6 Å². The third-order valence-corrected chi connectivity index (χ3v) is 3.49. The highest BCUT2D eigenvalue weighted by molar-refractivity contribution is 5.76. The Bertz CT molecular complexity index is 468. The maximum absolute atomic E-state index is 12.0. The standard InChI is InChI=1S/C16H21N2O3/c1-2-6-15(19)17-9-11-18(12-10-17)16(20)21-13-14-7-4-3-5-8-14/h3-5,7-8H,1-2,6,9-13H2. The molecule has 0 aromatic heterocycles. The summed E-state index contributed by atoms with van der Waals surface area (Å²) >= 11 is 0. The van der Waals surface area contributed by atoms with Crippen molar-refractivity contribution in [2.75, 3.05) is 26.2 Å². The summed E-state index contributed by atoms with van der Waals surface area (Å²) in [7, 11) is 0. The van der Waals surface area contributed by atoms with Crippen LogP contribution in [0.1, 0.15) is 18.4 Å². The number of ether oxygens (including phenoxy) is 1. The molecule has 0 N–H and O–H groups in total. The summed E-state index contributed by atoms with van der Waals surface area (Å²) < 4.78 is 5.28. The summed E-state index contributed by atoms with van der Waals surface area (Å²) in [6.45, 7) is 6.15. The van der Waals surface area contributed by atoms with Gasteiger partial charge in [0.1, 0.15) is 6.61 Å². The number of piperazine rings is 1. The zero-order chi connectivity index (χ0) is 15.1. The summed E-state index contributed by atoms with van der Waals surface area (Å²) in [5, 5.41) is 0. The molecule has 21 heavy (non-hydrogen) atoms. The number of rotatable bonds is 4. The number of nitrogens with zero attached hydrogens (tertiary/aromatic N) is 2. The molecule has 0 unspecified atom stereocenters. The molecular weight excluding hydrogens is 268 g/mol. The van der Waals surface area contributed by atoms with E-state index < -0.39 is 0 Å². The Hall–Kier alpha value is -2.04. The number of carbonyl (C=O) groups excluding carboxylic acids is 2. The minimum atomic E-state index is -0.317. The molecule has 1 aromatic carbocycles. The van der Waals surface area contributed by atoms with Crippen molar-refractivity contribution in [3.05, 3.63) is 42.8 Å². The molecule has 113 valence electrons. The number of hydrogen-bond donors (Lipinski definition) is 0. The van der Waals surface area contributed by atoms with Gasteiger partial charge in [0.2, 0.25) is 5.91 Å². The van der Waals surface area contributed by atoms with E-state index in [9.17, 15) is 9.59 Å². The van der Waals surface area contributed by atoms with Gasteiger partial charge in [0.05, 0.1) is 0 Å². The van der Waals surface area contributed by atoms with Crippen LogP contribution in [0.2, 0.25) is 0 Å². The molecule has 1 heterocycles. The number of hydrogen-bond acceptors (Lipinski definition) is 3. The first-order valence-corrected chi connectivity index (χ1v) is 7.23. The van der Waals surface area contributed by atoms with Crippen LogP contribution in [0.5, 0.6) is 0 Å². The lowest BCUT2D eigenvalue weighted by Crippen LogP contribution is -2.50. The van der Waals surface area contributed by atoms with E-state index in [1.165, 1.54) is 0 Å². The molecule has 1 radical (unpaired) electrons. The molecule has 0 spiro atoms. The van der Waals surface area contributed by atoms with Gasteiger partial charge in [-0.2, -0.15) is 0 Å². The normalized spacial score (nSPS) is 14.9. The van der Waals surface area contributed by atoms with Crippen molar-refractivity contribution >= 4 is 12.0 Å². The molecule has 0 bridgehead atoms. The Balaban J connectivity index is 1.74. The molecule has 1 aromatic rings. The second-order valence-corrected chi connectivity index (χ2v) is 5.01. The Morgan fingerprint density at radius 3 is 2.29 bits per heavy atom. The van der Waals surface area contributed by atoms with Crippen LogP contribution in [0.4, 0.5) is 4.79 Å². The minimum Gasteiger partial charge on any atom is -0.445 e. The van der Waals surface area contributed by atoms with E-state index in [4.69, 9.17) is 4.74 Å². The first kappa shape index (κ1) is 15.4. The molecule has 1 aliphatic heterocycles. The van der Waals surface area contributed by atoms with Crippen LogP contribution in [0.15, 0.2) is 30.3 Å². The molecular formula is C16H21N2O3. The van der Waals surface area contributed by atoms with Gasteiger partial charge in [0.25, 0.3) is 0 Å². The highest BCUT2D eigenvalue weighted by Gasteiger charge is 2.24. The quantitative estimate of drug-likeness (QED) is 0.852. The van der Waals surface area contributed by atoms with Gasteiger partial charge < -0.3 is 14.5 Å². The minimum absolute atomic E-state index is 0.113. The van der Waals surface area contributed by atoms with Crippen LogP contribution in [0, 0.1) is 6.92 Å². The van der Waals surface area contributed by atoms with E-state index >= 15 is 0 Å². The summed E-state index contributed by atoms with van der Waals surface area (Å²) in [5.41, 5.74) is 0.968. The maximum Gasteiger partial charge on any atom is 0.410 e. The van der Waals surface area contributed by atoms with Crippen molar-refractivity contribution in [3.8, 4) is 0 Å². The van der Waals surface area contributed by atoms with Crippen molar-refractivity contribution in [1.82, 2.24) is 9.80 Å². The first-order valence-electron chi connectivity index (χ1n) is 7.23. The summed E-state index contributed by atoms with van der Waals surface area (Å²) in [5.74, 6) is 0.113. The van der Waals surface area contributed by atoms with E-state index in [2.05, 4.69) is 6.92 Å². The van der Waals surface area contributed by atoms with Gasteiger partial charge in [0.15, 0.2) is 0 Å². The predicted octanol–water partition coefficient (Wildman–Crippen LogP) is 2.08. The Kier molecular flexibility index (Phi) is 5.60. The predicted molar refractivity (Wildman–Crippen MR) is 79.4 cm³/mol. The van der Waals surface area contributed by atoms with E-state index in [-0.39, 0.29) is 18.6 Å². The zero-order valence-corrected chi connectivity index (χ0v) is 12.2. The molecule has 5 heteroatoms. The lowest BCUT2D eigenvalue weighted by Gasteiger charge is -2.34. The van der Waals surface area contributed by atoms with E-state index in [0.717, 1.165) is 5.56 Å². The topological polar surface area (TPSA) is 49.9 Å². The molecule has 5 nitrogen and oxygen atoms in total. The highest BCUT2D eigenvalue weighted by Crippen LogP contribution is 2.08. The fraction of sp³-hybridized carbons (Fsp3) is 0.438. The Morgan fingerprint density at radius 1 is 1.05 bits per heavy atom. The van der Waals surface area contributed by atoms with Crippen LogP contribution < -0.4 is 0 Å². The lowest BCUT2D eigenvalue weighted by molar-refractivity contribution is -0.132. The van der Waals surface area contributed by atoms with Crippen LogP contribution in [-0.2, 0) is 16.1 Å². The van der Waals surface area contributed by atoms with Gasteiger partial charge in [-0.25, -0.2) is 4.79 Å². The largest absolute Gasteiger partial charge is 0.445 e. The van der Waals surface area contributed by atoms with Crippen molar-refractivity contribution in [1.29, 1.82) is 0 Å². The highest BCUT2D eigenvalue weighted by atomic mass is 16.6. The van der Waals surface area contributed by atoms with E-state index in [1.54, 1.807) is 9.80 Å². The zero-order valence-electron chi connectivity index (χ0n) is 12.2. The molecule has 1 saturated heterocycles. The average Bonchev–Trinajstić information content (AvgIpc) is 2.54. The van der Waals surface area contributed by atoms with Gasteiger partial charge >= 0.3 is 6.09 Å². The molecule has 0 aliphatic carbocycles. The fourth-order valence-corrected chi connectivity index (χ4v) is 2.26. The van der Waals surface area contributed by atoms with Gasteiger partial charge in [-0.1, -0.05) is 37.3 Å². The fourth-order valence-electron chi connectivity index (χ4n) is 2.26. The molecule has 2 rings (SSSR count). The third-order valence-electron chi connectivity index (χ3n) is 3.49. The van der Waals surface area contributed by atoms with E-state index in [0.29, 0.717) is 39.0 Å². The SMILES string of the molecule is [CH2]CCC(=O)N1CCN(C(=O)OCc2ccccc2)CC1. The van der Waals surface area contributed by atoms with Crippen molar-refractivity contribution in [3.63, 3.8) is 0 Å². The second-order valence-electron chi connectivity index (χ2n) is 5.01. The first-order chi connectivity index (χ1) is 10.2. The monoisotopic (exact) mass is 289 g/mol. The van der Waals surface area contributed by atoms with Crippen molar-refractivity contribution in [2.45, 2.75) is 19.4 Å². The van der Waals surface area contributed by atoms with Crippen LogP contribution in [0.25, 0.3) is 0 Å². The number of carbonyl (C=O) groups is 2. The lowest BCUT2D eigenvalue weighted by atomic mass is 10.2. The average molecular weight is 289 g/mol. The van der Waals surface area contributed by atoms with E-state index in [1.807, 2.05) is 30.3 Å². The van der Waals surface area contributed by atoms with Crippen molar-refractivity contribution in [2.24, 2.45) is 0 Å². The molecule has 1 fully saturated rings. The van der Waals surface area contributed by atoms with Gasteiger partial charge in [-0.3, -0.25) is 4.79 Å². The summed E-state index contributed by atoms with van der Waals surface area (Å²) in [4.78, 5) is 27.1. The van der Waals surface area contributed by atoms with Gasteiger partial charge in [-0.05, 0) is 12.0 Å². The Labute approximate surface area is 125 Å². The van der Waals surface area contributed by atoms with Crippen molar-refractivity contribution < 1.29 is 14.3 Å². The maximum atomic E-state index is 12.0. The molecule has 0 atom stereocenters. The summed E-state index contributed by atoms with van der Waals surface area (Å²) in [6.07, 6.45) is 0.763. The second kappa shape index (κ2) is 7.67. The Morgan fingerprint density at radius 2 is 1.67 bits per heavy atom. The van der Waals surface area contributed by atoms with Crippen LogP contribution in [0.3, 0.4) is 0 Å². The van der Waals surface area contributed by atoms with Gasteiger partial charge in [-0.15, -0.1) is 0 Å². The number of benzene rings is 1.